The lowest BCUT2D eigenvalue weighted by molar-refractivity contribution is -0.125. The molecule has 0 aromatic rings. The van der Waals surface area contributed by atoms with Gasteiger partial charge < -0.3 is 19.9 Å². The summed E-state index contributed by atoms with van der Waals surface area (Å²) in [6, 6.07) is 0.593. The molecule has 1 N–H and O–H groups in total. The van der Waals surface area contributed by atoms with E-state index in [2.05, 4.69) is 22.0 Å². The Bertz CT molecular complexity index is 553. The molecule has 5 rings (SSSR count). The van der Waals surface area contributed by atoms with E-state index in [4.69, 9.17) is 9.73 Å². The fourth-order valence-corrected chi connectivity index (χ4v) is 6.93. The third-order valence-electron chi connectivity index (χ3n) is 8.18. The molecule has 2 aliphatic carbocycles. The van der Waals surface area contributed by atoms with Gasteiger partial charge in [-0.05, 0) is 64.5 Å². The summed E-state index contributed by atoms with van der Waals surface area (Å²) in [7, 11) is 0. The van der Waals surface area contributed by atoms with Crippen LogP contribution < -0.4 is 5.32 Å². The number of rotatable bonds is 4. The van der Waals surface area contributed by atoms with Crippen LogP contribution in [0.2, 0.25) is 0 Å². The fraction of sp³-hybridized carbons (Fsp3) is 0.955. The van der Waals surface area contributed by atoms with Crippen molar-refractivity contribution in [2.45, 2.75) is 70.4 Å². The minimum Gasteiger partial charge on any atom is -0.377 e. The molecule has 3 aliphatic heterocycles. The van der Waals surface area contributed by atoms with Crippen LogP contribution in [0.3, 0.4) is 0 Å². The molecular weight excluding hydrogens is 336 g/mol. The molecule has 1 spiro atoms. The number of fused-ring (bicyclic) bond motifs is 2. The van der Waals surface area contributed by atoms with Crippen molar-refractivity contribution in [3.8, 4) is 0 Å². The molecule has 0 radical (unpaired) electrons. The van der Waals surface area contributed by atoms with Crippen molar-refractivity contribution in [1.29, 1.82) is 0 Å². The highest BCUT2D eigenvalue weighted by atomic mass is 16.5. The third-order valence-corrected chi connectivity index (χ3v) is 8.18. The summed E-state index contributed by atoms with van der Waals surface area (Å²) in [5.41, 5.74) is 0.407. The molecule has 0 aromatic heterocycles. The predicted octanol–water partition coefficient (Wildman–Crippen LogP) is 2.72. The van der Waals surface area contributed by atoms with Gasteiger partial charge in [-0.25, -0.2) is 0 Å². The second kappa shape index (κ2) is 7.55. The number of likely N-dealkylation sites (tertiary alicyclic amines) is 2. The van der Waals surface area contributed by atoms with E-state index in [1.54, 1.807) is 0 Å². The molecular formula is C22H38N4O. The lowest BCUT2D eigenvalue weighted by Gasteiger charge is -2.57. The lowest BCUT2D eigenvalue weighted by Crippen LogP contribution is -2.69. The lowest BCUT2D eigenvalue weighted by atomic mass is 9.54. The van der Waals surface area contributed by atoms with Crippen LogP contribution in [0.5, 0.6) is 0 Å². The van der Waals surface area contributed by atoms with Crippen molar-refractivity contribution in [1.82, 2.24) is 15.1 Å². The van der Waals surface area contributed by atoms with Crippen molar-refractivity contribution in [3.63, 3.8) is 0 Å². The first-order chi connectivity index (χ1) is 13.3. The highest BCUT2D eigenvalue weighted by molar-refractivity contribution is 5.81. The van der Waals surface area contributed by atoms with E-state index in [9.17, 15) is 0 Å². The largest absolute Gasteiger partial charge is 0.377 e. The predicted molar refractivity (Wildman–Crippen MR) is 109 cm³/mol. The van der Waals surface area contributed by atoms with Crippen LogP contribution in [0.4, 0.5) is 0 Å². The molecule has 5 fully saturated rings. The van der Waals surface area contributed by atoms with E-state index >= 15 is 0 Å². The van der Waals surface area contributed by atoms with E-state index in [1.807, 2.05) is 0 Å². The summed E-state index contributed by atoms with van der Waals surface area (Å²) in [6.07, 6.45) is 11.4. The van der Waals surface area contributed by atoms with E-state index in [-0.39, 0.29) is 0 Å². The summed E-state index contributed by atoms with van der Waals surface area (Å²) in [5, 5.41) is 4.00. The molecule has 152 valence electrons. The standard InChI is InChI=1S/C22H38N4O/c1-2-23-21(26-13-7-17(16-26)15-25-11-5-6-12-25)24-19-18-8-14-27-20(18)22(19)9-3-4-10-22/h17-20H,2-16H2,1H3,(H,23,24). The molecule has 4 atom stereocenters. The van der Waals surface area contributed by atoms with Crippen LogP contribution in [-0.4, -0.2) is 73.8 Å². The smallest absolute Gasteiger partial charge is 0.194 e. The Labute approximate surface area is 164 Å². The minimum absolute atomic E-state index is 0.407. The van der Waals surface area contributed by atoms with Gasteiger partial charge in [0.15, 0.2) is 5.96 Å². The Balaban J connectivity index is 1.24. The summed E-state index contributed by atoms with van der Waals surface area (Å²) < 4.78 is 6.18. The normalized spacial score (nSPS) is 38.6. The molecule has 3 saturated heterocycles. The molecule has 3 heterocycles. The maximum atomic E-state index is 6.18. The summed E-state index contributed by atoms with van der Waals surface area (Å²) >= 11 is 0. The van der Waals surface area contributed by atoms with Gasteiger partial charge in [0.2, 0.25) is 0 Å². The number of guanidine groups is 1. The highest BCUT2D eigenvalue weighted by Gasteiger charge is 2.65. The summed E-state index contributed by atoms with van der Waals surface area (Å²) in [5.74, 6) is 2.73. The average Bonchev–Trinajstić information content (AvgIpc) is 3.46. The van der Waals surface area contributed by atoms with Gasteiger partial charge in [0.25, 0.3) is 0 Å². The number of nitrogens with zero attached hydrogens (tertiary/aromatic N) is 3. The minimum atomic E-state index is 0.407. The number of ether oxygens (including phenoxy) is 1. The van der Waals surface area contributed by atoms with Crippen LogP contribution in [0.1, 0.15) is 58.3 Å². The highest BCUT2D eigenvalue weighted by Crippen LogP contribution is 2.60. The monoisotopic (exact) mass is 374 g/mol. The SMILES string of the molecule is CCN=C(NC1C2CCOC2C12CCCC2)N1CCC(CN2CCCC2)C1. The van der Waals surface area contributed by atoms with Crippen molar-refractivity contribution < 1.29 is 4.74 Å². The van der Waals surface area contributed by atoms with Crippen molar-refractivity contribution >= 4 is 5.96 Å². The van der Waals surface area contributed by atoms with Crippen molar-refractivity contribution in [2.24, 2.45) is 22.2 Å². The molecule has 0 bridgehead atoms. The van der Waals surface area contributed by atoms with Crippen LogP contribution in [0.15, 0.2) is 4.99 Å². The van der Waals surface area contributed by atoms with Gasteiger partial charge >= 0.3 is 0 Å². The Morgan fingerprint density at radius 1 is 1.11 bits per heavy atom. The summed E-state index contributed by atoms with van der Waals surface area (Å²) in [4.78, 5) is 10.2. The number of hydrogen-bond acceptors (Lipinski definition) is 3. The van der Waals surface area contributed by atoms with E-state index < -0.39 is 0 Å². The van der Waals surface area contributed by atoms with E-state index in [0.717, 1.165) is 19.1 Å². The summed E-state index contributed by atoms with van der Waals surface area (Å²) in [6.45, 7) is 10.3. The van der Waals surface area contributed by atoms with E-state index in [0.29, 0.717) is 23.5 Å². The fourth-order valence-electron chi connectivity index (χ4n) is 6.93. The van der Waals surface area contributed by atoms with Gasteiger partial charge in [-0.3, -0.25) is 4.99 Å². The van der Waals surface area contributed by atoms with Crippen LogP contribution >= 0.6 is 0 Å². The molecule has 4 unspecified atom stereocenters. The van der Waals surface area contributed by atoms with Crippen molar-refractivity contribution in [2.75, 3.05) is 45.9 Å². The van der Waals surface area contributed by atoms with Gasteiger partial charge in [-0.1, -0.05) is 12.8 Å². The molecule has 0 aromatic carbocycles. The maximum Gasteiger partial charge on any atom is 0.194 e. The first-order valence-electron chi connectivity index (χ1n) is 11.7. The molecule has 5 aliphatic rings. The van der Waals surface area contributed by atoms with Gasteiger partial charge in [0.05, 0.1) is 6.10 Å². The molecule has 2 saturated carbocycles. The molecule has 27 heavy (non-hydrogen) atoms. The average molecular weight is 375 g/mol. The van der Waals surface area contributed by atoms with Gasteiger partial charge in [0.1, 0.15) is 0 Å². The van der Waals surface area contributed by atoms with Gasteiger partial charge in [-0.15, -0.1) is 0 Å². The first kappa shape index (κ1) is 18.2. The zero-order chi connectivity index (χ0) is 18.3. The quantitative estimate of drug-likeness (QED) is 0.607. The number of nitrogens with one attached hydrogen (secondary N) is 1. The second-order valence-electron chi connectivity index (χ2n) is 9.71. The Morgan fingerprint density at radius 3 is 2.70 bits per heavy atom. The Morgan fingerprint density at radius 2 is 1.93 bits per heavy atom. The van der Waals surface area contributed by atoms with Crippen molar-refractivity contribution in [3.05, 3.63) is 0 Å². The van der Waals surface area contributed by atoms with Gasteiger partial charge in [-0.2, -0.15) is 0 Å². The zero-order valence-electron chi connectivity index (χ0n) is 17.2. The van der Waals surface area contributed by atoms with E-state index in [1.165, 1.54) is 90.0 Å². The zero-order valence-corrected chi connectivity index (χ0v) is 17.2. The molecule has 5 nitrogen and oxygen atoms in total. The van der Waals surface area contributed by atoms with Crippen LogP contribution in [-0.2, 0) is 4.74 Å². The topological polar surface area (TPSA) is 40.1 Å². The maximum absolute atomic E-state index is 6.18. The molecule has 5 heteroatoms. The van der Waals surface area contributed by atoms with Crippen LogP contribution in [0, 0.1) is 17.3 Å². The number of hydrogen-bond donors (Lipinski definition) is 1. The first-order valence-corrected chi connectivity index (χ1v) is 11.7. The van der Waals surface area contributed by atoms with Gasteiger partial charge in [0, 0.05) is 50.2 Å². The van der Waals surface area contributed by atoms with Crippen LogP contribution in [0.25, 0.3) is 0 Å². The number of aliphatic imine (C=N–C) groups is 1. The molecule has 0 amide bonds. The second-order valence-corrected chi connectivity index (χ2v) is 9.71. The Hall–Kier alpha value is -0.810. The third kappa shape index (κ3) is 3.19. The Kier molecular flexibility index (Phi) is 5.10.